The second-order valence-corrected chi connectivity index (χ2v) is 10.8. The number of hydrogen-bond donors (Lipinski definition) is 3. The van der Waals surface area contributed by atoms with Gasteiger partial charge in [0.05, 0.1) is 6.61 Å². The maximum absolute atomic E-state index is 13.9. The number of hydrogen-bond acceptors (Lipinski definition) is 5. The lowest BCUT2D eigenvalue weighted by Crippen LogP contribution is -2.41. The Hall–Kier alpha value is -3.68. The van der Waals surface area contributed by atoms with Gasteiger partial charge in [0.2, 0.25) is 0 Å². The smallest absolute Gasteiger partial charge is 0.265 e. The summed E-state index contributed by atoms with van der Waals surface area (Å²) in [7, 11) is 0. The number of hydrazine groups is 1. The number of ether oxygens (including phenoxy) is 1. The second kappa shape index (κ2) is 9.57. The van der Waals surface area contributed by atoms with Gasteiger partial charge in [-0.15, -0.1) is 0 Å². The van der Waals surface area contributed by atoms with Gasteiger partial charge < -0.3 is 15.0 Å². The highest BCUT2D eigenvalue weighted by Gasteiger charge is 2.44. The van der Waals surface area contributed by atoms with Crippen LogP contribution in [-0.4, -0.2) is 37.6 Å². The highest BCUT2D eigenvalue weighted by Crippen LogP contribution is 2.49. The van der Waals surface area contributed by atoms with Gasteiger partial charge in [-0.1, -0.05) is 25.1 Å². The van der Waals surface area contributed by atoms with E-state index in [4.69, 9.17) is 10.6 Å². The number of fused-ring (bicyclic) bond motifs is 3. The van der Waals surface area contributed by atoms with E-state index < -0.39 is 0 Å². The lowest BCUT2D eigenvalue weighted by molar-refractivity contribution is 0.0951. The number of carbonyl (C=O) groups excluding carboxylic acids is 2. The fourth-order valence-corrected chi connectivity index (χ4v) is 6.43. The molecule has 4 N–H and O–H groups in total. The average Bonchev–Trinajstić information content (AvgIpc) is 3.48. The summed E-state index contributed by atoms with van der Waals surface area (Å²) in [4.78, 5) is 27.8. The van der Waals surface area contributed by atoms with Crippen molar-refractivity contribution in [3.8, 4) is 16.9 Å². The second-order valence-electron chi connectivity index (χ2n) is 10.8. The molecule has 6 rings (SSSR count). The topological polar surface area (TPSA) is 96.7 Å². The molecule has 1 saturated heterocycles. The average molecular weight is 511 g/mol. The number of nitrogens with two attached hydrogens (primary N) is 1. The van der Waals surface area contributed by atoms with Gasteiger partial charge in [0, 0.05) is 33.8 Å². The van der Waals surface area contributed by atoms with Crippen molar-refractivity contribution in [2.75, 3.05) is 24.6 Å². The number of piperidine rings is 1. The molecule has 3 heterocycles. The van der Waals surface area contributed by atoms with E-state index in [1.807, 2.05) is 48.2 Å². The Bertz CT molecular complexity index is 1410. The highest BCUT2D eigenvalue weighted by atomic mass is 16.5. The van der Waals surface area contributed by atoms with Crippen molar-refractivity contribution in [1.82, 2.24) is 10.7 Å². The Morgan fingerprint density at radius 1 is 1.08 bits per heavy atom. The molecule has 7 nitrogen and oxygen atoms in total. The first-order chi connectivity index (χ1) is 18.4. The number of nitrogens with zero attached hydrogens (tertiary/aromatic N) is 1. The normalized spacial score (nSPS) is 19.1. The van der Waals surface area contributed by atoms with Gasteiger partial charge in [0.25, 0.3) is 11.8 Å². The summed E-state index contributed by atoms with van der Waals surface area (Å²) in [6.07, 6.45) is 3.86. The number of nitrogen functional groups attached to an aromatic ring is 1. The van der Waals surface area contributed by atoms with Crippen molar-refractivity contribution in [3.05, 3.63) is 82.4 Å². The molecule has 0 bridgehead atoms. The summed E-state index contributed by atoms with van der Waals surface area (Å²) in [5.41, 5.74) is 9.89. The monoisotopic (exact) mass is 510 g/mol. The van der Waals surface area contributed by atoms with Crippen LogP contribution in [0.15, 0.2) is 54.6 Å². The Morgan fingerprint density at radius 3 is 2.50 bits per heavy atom. The van der Waals surface area contributed by atoms with Crippen LogP contribution in [0.1, 0.15) is 63.6 Å². The van der Waals surface area contributed by atoms with Crippen LogP contribution >= 0.6 is 0 Å². The predicted octanol–water partition coefficient (Wildman–Crippen LogP) is 4.26. The standard InChI is InChI=1S/C31H34N4O3/c1-3-24-15-23-16-28-26(31(18-38-28)10-12-33-13-11-31)17-27(23)35(24)30(37)21-6-4-20(5-7-21)25-9-8-22(14-19(25)2)29(36)34-32/h4-9,14,16-17,24,33H,3,10-13,15,18,32H2,1-2H3,(H,34,36)/t24-/m1/s1. The molecule has 3 aromatic rings. The van der Waals surface area contributed by atoms with Gasteiger partial charge in [-0.2, -0.15) is 0 Å². The summed E-state index contributed by atoms with van der Waals surface area (Å²) >= 11 is 0. The molecule has 38 heavy (non-hydrogen) atoms. The zero-order valence-corrected chi connectivity index (χ0v) is 22.0. The molecular formula is C31H34N4O3. The number of anilines is 1. The maximum Gasteiger partial charge on any atom is 0.265 e. The van der Waals surface area contributed by atoms with E-state index >= 15 is 0 Å². The van der Waals surface area contributed by atoms with Crippen LogP contribution in [0.5, 0.6) is 5.75 Å². The van der Waals surface area contributed by atoms with E-state index in [2.05, 4.69) is 29.8 Å². The number of aryl methyl sites for hydroxylation is 1. The van der Waals surface area contributed by atoms with Gasteiger partial charge in [0.1, 0.15) is 5.75 Å². The van der Waals surface area contributed by atoms with Crippen molar-refractivity contribution < 1.29 is 14.3 Å². The molecule has 7 heteroatoms. The molecule has 1 spiro atoms. The van der Waals surface area contributed by atoms with Crippen LogP contribution in [0.4, 0.5) is 5.69 Å². The molecule has 0 aliphatic carbocycles. The van der Waals surface area contributed by atoms with Crippen molar-refractivity contribution in [3.63, 3.8) is 0 Å². The molecule has 3 aromatic carbocycles. The Kier molecular flexibility index (Phi) is 6.20. The number of nitrogens with one attached hydrogen (secondary N) is 2. The third-order valence-corrected chi connectivity index (χ3v) is 8.65. The largest absolute Gasteiger partial charge is 0.492 e. The van der Waals surface area contributed by atoms with Crippen LogP contribution in [-0.2, 0) is 11.8 Å². The first kappa shape index (κ1) is 24.6. The summed E-state index contributed by atoms with van der Waals surface area (Å²) in [5, 5.41) is 3.47. The molecule has 3 aliphatic heterocycles. The molecule has 3 aliphatic rings. The quantitative estimate of drug-likeness (QED) is 0.277. The lowest BCUT2D eigenvalue weighted by atomic mass is 9.74. The SMILES string of the molecule is CC[C@@H]1Cc2cc3c(cc2N1C(=O)c1ccc(-c2ccc(C(=O)NN)cc2C)cc1)C1(CCNCC1)CO3. The number of amides is 2. The van der Waals surface area contributed by atoms with Crippen LogP contribution < -0.4 is 26.2 Å². The number of rotatable bonds is 4. The van der Waals surface area contributed by atoms with E-state index in [1.165, 1.54) is 11.1 Å². The van der Waals surface area contributed by atoms with E-state index in [9.17, 15) is 9.59 Å². The minimum absolute atomic E-state index is 0.0343. The minimum Gasteiger partial charge on any atom is -0.492 e. The predicted molar refractivity (Wildman–Crippen MR) is 149 cm³/mol. The molecular weight excluding hydrogens is 476 g/mol. The maximum atomic E-state index is 13.9. The molecule has 0 aromatic heterocycles. The minimum atomic E-state index is -0.319. The molecule has 1 atom stereocenters. The summed E-state index contributed by atoms with van der Waals surface area (Å²) < 4.78 is 6.20. The van der Waals surface area contributed by atoms with Crippen molar-refractivity contribution in [2.45, 2.75) is 51.0 Å². The van der Waals surface area contributed by atoms with Crippen molar-refractivity contribution >= 4 is 17.5 Å². The first-order valence-corrected chi connectivity index (χ1v) is 13.5. The fraction of sp³-hybridized carbons (Fsp3) is 0.355. The van der Waals surface area contributed by atoms with Crippen LogP contribution in [0.3, 0.4) is 0 Å². The molecule has 0 saturated carbocycles. The highest BCUT2D eigenvalue weighted by molar-refractivity contribution is 6.08. The van der Waals surface area contributed by atoms with E-state index in [-0.39, 0.29) is 23.3 Å². The third kappa shape index (κ3) is 3.97. The van der Waals surface area contributed by atoms with Crippen LogP contribution in [0.25, 0.3) is 11.1 Å². The van der Waals surface area contributed by atoms with Crippen LogP contribution in [0, 0.1) is 6.92 Å². The molecule has 0 radical (unpaired) electrons. The van der Waals surface area contributed by atoms with Crippen LogP contribution in [0.2, 0.25) is 0 Å². The van der Waals surface area contributed by atoms with Gasteiger partial charge in [0.15, 0.2) is 0 Å². The Balaban J connectivity index is 1.30. The molecule has 0 unspecified atom stereocenters. The Morgan fingerprint density at radius 2 is 1.82 bits per heavy atom. The zero-order valence-electron chi connectivity index (χ0n) is 22.0. The van der Waals surface area contributed by atoms with Gasteiger partial charge in [-0.3, -0.25) is 15.0 Å². The first-order valence-electron chi connectivity index (χ1n) is 13.5. The molecule has 2 amide bonds. The van der Waals surface area contributed by atoms with E-state index in [1.54, 1.807) is 6.07 Å². The van der Waals surface area contributed by atoms with Gasteiger partial charge >= 0.3 is 0 Å². The zero-order chi connectivity index (χ0) is 26.4. The molecule has 196 valence electrons. The van der Waals surface area contributed by atoms with Gasteiger partial charge in [-0.05, 0) is 104 Å². The fourth-order valence-electron chi connectivity index (χ4n) is 6.43. The number of carbonyl (C=O) groups is 2. The van der Waals surface area contributed by atoms with Gasteiger partial charge in [-0.25, -0.2) is 5.84 Å². The summed E-state index contributed by atoms with van der Waals surface area (Å²) in [6, 6.07) is 17.9. The van der Waals surface area contributed by atoms with E-state index in [0.29, 0.717) is 11.1 Å². The number of benzene rings is 3. The summed E-state index contributed by atoms with van der Waals surface area (Å²) in [6.45, 7) is 6.84. The lowest BCUT2D eigenvalue weighted by Gasteiger charge is -2.33. The van der Waals surface area contributed by atoms with E-state index in [0.717, 1.165) is 73.5 Å². The molecule has 1 fully saturated rings. The Labute approximate surface area is 223 Å². The summed E-state index contributed by atoms with van der Waals surface area (Å²) in [5.74, 6) is 5.99. The van der Waals surface area contributed by atoms with Crippen molar-refractivity contribution in [1.29, 1.82) is 0 Å². The van der Waals surface area contributed by atoms with Crippen molar-refractivity contribution in [2.24, 2.45) is 5.84 Å². The third-order valence-electron chi connectivity index (χ3n) is 8.65.